The zero-order valence-electron chi connectivity index (χ0n) is 9.48. The van der Waals surface area contributed by atoms with E-state index in [0.29, 0.717) is 32.3 Å². The summed E-state index contributed by atoms with van der Waals surface area (Å²) in [4.78, 5) is 0. The first-order chi connectivity index (χ1) is 9.00. The van der Waals surface area contributed by atoms with Crippen LogP contribution in [0.5, 0.6) is 0 Å². The first-order valence-corrected chi connectivity index (χ1v) is 7.23. The van der Waals surface area contributed by atoms with E-state index < -0.39 is 5.82 Å². The van der Waals surface area contributed by atoms with Crippen LogP contribution >= 0.6 is 50.7 Å². The molecule has 6 heteroatoms. The maximum atomic E-state index is 13.3. The van der Waals surface area contributed by atoms with E-state index in [0.717, 1.165) is 0 Å². The van der Waals surface area contributed by atoms with E-state index in [9.17, 15) is 4.39 Å². The van der Waals surface area contributed by atoms with Gasteiger partial charge in [-0.3, -0.25) is 0 Å². The minimum Gasteiger partial charge on any atom is -0.380 e. The Labute approximate surface area is 133 Å². The molecule has 0 saturated carbocycles. The van der Waals surface area contributed by atoms with Crippen molar-refractivity contribution in [1.29, 1.82) is 0 Å². The third-order valence-electron chi connectivity index (χ3n) is 2.54. The molecule has 1 nitrogen and oxygen atoms in total. The van der Waals surface area contributed by atoms with Crippen molar-refractivity contribution in [3.63, 3.8) is 0 Å². The fourth-order valence-corrected chi connectivity index (χ4v) is 2.57. The van der Waals surface area contributed by atoms with Gasteiger partial charge < -0.3 is 5.32 Å². The molecular weight excluding hydrogens is 375 g/mol. The Bertz CT molecular complexity index is 619. The standard InChI is InChI=1S/C13H8BrCl3FN/c14-8-4-5-10(13(17)12(8)16)19-6-7-2-1-3-9(18)11(7)15/h1-5,19H,6H2. The van der Waals surface area contributed by atoms with Crippen LogP contribution in [0.1, 0.15) is 5.56 Å². The van der Waals surface area contributed by atoms with Crippen LogP contribution in [0.3, 0.4) is 0 Å². The molecule has 0 atom stereocenters. The average molecular weight is 383 g/mol. The fourth-order valence-electron chi connectivity index (χ4n) is 1.54. The van der Waals surface area contributed by atoms with E-state index in [-0.39, 0.29) is 5.02 Å². The van der Waals surface area contributed by atoms with Crippen LogP contribution < -0.4 is 5.32 Å². The lowest BCUT2D eigenvalue weighted by molar-refractivity contribution is 0.626. The van der Waals surface area contributed by atoms with Crippen LogP contribution in [0.4, 0.5) is 10.1 Å². The Balaban J connectivity index is 2.20. The zero-order chi connectivity index (χ0) is 14.0. The number of rotatable bonds is 3. The molecule has 100 valence electrons. The van der Waals surface area contributed by atoms with Crippen molar-refractivity contribution in [2.75, 3.05) is 5.32 Å². The van der Waals surface area contributed by atoms with Gasteiger partial charge in [-0.15, -0.1) is 0 Å². The summed E-state index contributed by atoms with van der Waals surface area (Å²) in [6, 6.07) is 8.23. The monoisotopic (exact) mass is 381 g/mol. The summed E-state index contributed by atoms with van der Waals surface area (Å²) < 4.78 is 14.0. The van der Waals surface area contributed by atoms with Crippen molar-refractivity contribution in [2.45, 2.75) is 6.54 Å². The summed E-state index contributed by atoms with van der Waals surface area (Å²) in [5.74, 6) is -0.444. The molecule has 2 rings (SSSR count). The van der Waals surface area contributed by atoms with Crippen molar-refractivity contribution >= 4 is 56.4 Å². The molecule has 1 N–H and O–H groups in total. The highest BCUT2D eigenvalue weighted by Crippen LogP contribution is 2.36. The highest BCUT2D eigenvalue weighted by molar-refractivity contribution is 9.10. The molecule has 0 unspecified atom stereocenters. The normalized spacial score (nSPS) is 10.6. The molecule has 0 aliphatic heterocycles. The molecule has 0 amide bonds. The third kappa shape index (κ3) is 3.34. The lowest BCUT2D eigenvalue weighted by Gasteiger charge is -2.11. The molecule has 0 fully saturated rings. The molecule has 2 aromatic carbocycles. The predicted molar refractivity (Wildman–Crippen MR) is 82.9 cm³/mol. The van der Waals surface area contributed by atoms with Gasteiger partial charge in [0.15, 0.2) is 0 Å². The molecular formula is C13H8BrCl3FN. The highest BCUT2D eigenvalue weighted by Gasteiger charge is 2.10. The molecule has 0 spiro atoms. The maximum absolute atomic E-state index is 13.3. The first-order valence-electron chi connectivity index (χ1n) is 5.31. The first kappa shape index (κ1) is 14.9. The van der Waals surface area contributed by atoms with Crippen molar-refractivity contribution in [3.8, 4) is 0 Å². The highest BCUT2D eigenvalue weighted by atomic mass is 79.9. The van der Waals surface area contributed by atoms with E-state index in [4.69, 9.17) is 34.8 Å². The van der Waals surface area contributed by atoms with Gasteiger partial charge in [0.1, 0.15) is 5.82 Å². The molecule has 0 heterocycles. The van der Waals surface area contributed by atoms with Gasteiger partial charge in [-0.2, -0.15) is 0 Å². The summed E-state index contributed by atoms with van der Waals surface area (Å²) in [7, 11) is 0. The number of anilines is 1. The van der Waals surface area contributed by atoms with E-state index in [1.165, 1.54) is 6.07 Å². The molecule has 0 radical (unpaired) electrons. The van der Waals surface area contributed by atoms with Crippen LogP contribution in [0.15, 0.2) is 34.8 Å². The number of benzene rings is 2. The van der Waals surface area contributed by atoms with E-state index in [2.05, 4.69) is 21.2 Å². The van der Waals surface area contributed by atoms with Crippen LogP contribution in [-0.4, -0.2) is 0 Å². The second kappa shape index (κ2) is 6.31. The average Bonchev–Trinajstić information content (AvgIpc) is 2.40. The smallest absolute Gasteiger partial charge is 0.142 e. The van der Waals surface area contributed by atoms with Gasteiger partial charge >= 0.3 is 0 Å². The minimum absolute atomic E-state index is 0.106. The summed E-state index contributed by atoms with van der Waals surface area (Å²) in [5.41, 5.74) is 1.31. The summed E-state index contributed by atoms with van der Waals surface area (Å²) in [6.07, 6.45) is 0. The second-order valence-corrected chi connectivity index (χ2v) is 5.78. The second-order valence-electron chi connectivity index (χ2n) is 3.79. The fraction of sp³-hybridized carbons (Fsp3) is 0.0769. The number of nitrogens with one attached hydrogen (secondary N) is 1. The van der Waals surface area contributed by atoms with Gasteiger partial charge in [0, 0.05) is 11.0 Å². The molecule has 19 heavy (non-hydrogen) atoms. The Morgan fingerprint density at radius 3 is 2.47 bits per heavy atom. The maximum Gasteiger partial charge on any atom is 0.142 e. The third-order valence-corrected chi connectivity index (χ3v) is 4.73. The Hall–Kier alpha value is -0.480. The summed E-state index contributed by atoms with van der Waals surface area (Å²) in [6.45, 7) is 0.355. The Morgan fingerprint density at radius 1 is 1.00 bits per heavy atom. The molecule has 2 aromatic rings. The summed E-state index contributed by atoms with van der Waals surface area (Å²) in [5, 5.41) is 4.02. The van der Waals surface area contributed by atoms with Crippen molar-refractivity contribution < 1.29 is 4.39 Å². The molecule has 0 bridgehead atoms. The lowest BCUT2D eigenvalue weighted by atomic mass is 10.2. The van der Waals surface area contributed by atoms with Crippen molar-refractivity contribution in [1.82, 2.24) is 0 Å². The largest absolute Gasteiger partial charge is 0.380 e. The molecule has 0 aliphatic rings. The molecule has 0 saturated heterocycles. The number of hydrogen-bond donors (Lipinski definition) is 1. The van der Waals surface area contributed by atoms with Gasteiger partial charge in [-0.05, 0) is 39.7 Å². The van der Waals surface area contributed by atoms with E-state index >= 15 is 0 Å². The predicted octanol–water partition coefficient (Wildman–Crippen LogP) is 6.16. The number of halogens is 5. The van der Waals surface area contributed by atoms with E-state index in [1.54, 1.807) is 24.3 Å². The topological polar surface area (TPSA) is 12.0 Å². The summed E-state index contributed by atoms with van der Waals surface area (Å²) >= 11 is 21.3. The van der Waals surface area contributed by atoms with Crippen molar-refractivity contribution in [2.24, 2.45) is 0 Å². The van der Waals surface area contributed by atoms with Crippen LogP contribution in [0.2, 0.25) is 15.1 Å². The van der Waals surface area contributed by atoms with Crippen LogP contribution in [0, 0.1) is 5.82 Å². The van der Waals surface area contributed by atoms with Gasteiger partial charge in [0.05, 0.1) is 20.8 Å². The lowest BCUT2D eigenvalue weighted by Crippen LogP contribution is -2.01. The molecule has 0 aliphatic carbocycles. The minimum atomic E-state index is -0.444. The van der Waals surface area contributed by atoms with Gasteiger partial charge in [-0.25, -0.2) is 4.39 Å². The van der Waals surface area contributed by atoms with E-state index in [1.807, 2.05) is 0 Å². The van der Waals surface area contributed by atoms with Gasteiger partial charge in [0.2, 0.25) is 0 Å². The van der Waals surface area contributed by atoms with Crippen LogP contribution in [-0.2, 0) is 6.54 Å². The van der Waals surface area contributed by atoms with Crippen LogP contribution in [0.25, 0.3) is 0 Å². The number of hydrogen-bond acceptors (Lipinski definition) is 1. The molecule has 0 aromatic heterocycles. The SMILES string of the molecule is Fc1cccc(CNc2ccc(Br)c(Cl)c2Cl)c1Cl. The zero-order valence-corrected chi connectivity index (χ0v) is 13.3. The quantitative estimate of drug-likeness (QED) is 0.626. The Kier molecular flexibility index (Phi) is 4.96. The van der Waals surface area contributed by atoms with Gasteiger partial charge in [0.25, 0.3) is 0 Å². The Morgan fingerprint density at radius 2 is 1.74 bits per heavy atom. The van der Waals surface area contributed by atoms with Crippen molar-refractivity contribution in [3.05, 3.63) is 61.3 Å². The van der Waals surface area contributed by atoms with Gasteiger partial charge in [-0.1, -0.05) is 46.9 Å².